The van der Waals surface area contributed by atoms with E-state index in [4.69, 9.17) is 11.6 Å². The van der Waals surface area contributed by atoms with E-state index < -0.39 is 23.8 Å². The lowest BCUT2D eigenvalue weighted by atomic mass is 10.1. The molecule has 0 unspecified atom stereocenters. The molecular weight excluding hydrogens is 379 g/mol. The van der Waals surface area contributed by atoms with Crippen molar-refractivity contribution in [3.8, 4) is 5.69 Å². The minimum atomic E-state index is -4.69. The van der Waals surface area contributed by atoms with Crippen molar-refractivity contribution in [2.24, 2.45) is 0 Å². The number of amides is 1. The minimum absolute atomic E-state index is 0.180. The fourth-order valence-electron chi connectivity index (χ4n) is 2.58. The zero-order chi connectivity index (χ0) is 19.6. The van der Waals surface area contributed by atoms with Gasteiger partial charge in [0.15, 0.2) is 5.69 Å². The van der Waals surface area contributed by atoms with Crippen LogP contribution in [-0.4, -0.2) is 15.7 Å². The van der Waals surface area contributed by atoms with Crippen molar-refractivity contribution < 1.29 is 18.0 Å². The third kappa shape index (κ3) is 4.14. The van der Waals surface area contributed by atoms with E-state index in [2.05, 4.69) is 10.4 Å². The van der Waals surface area contributed by atoms with Crippen LogP contribution >= 0.6 is 11.6 Å². The van der Waals surface area contributed by atoms with E-state index in [-0.39, 0.29) is 16.4 Å². The zero-order valence-corrected chi connectivity index (χ0v) is 14.9. The number of rotatable bonds is 4. The Morgan fingerprint density at radius 2 is 1.74 bits per heavy atom. The second kappa shape index (κ2) is 7.44. The summed E-state index contributed by atoms with van der Waals surface area (Å²) in [5.74, 6) is -0.686. The van der Waals surface area contributed by atoms with E-state index in [9.17, 15) is 18.0 Å². The molecule has 0 spiro atoms. The number of nitrogens with one attached hydrogen (secondary N) is 1. The van der Waals surface area contributed by atoms with Gasteiger partial charge in [-0.15, -0.1) is 0 Å². The highest BCUT2D eigenvalue weighted by Crippen LogP contribution is 2.31. The highest BCUT2D eigenvalue weighted by Gasteiger charge is 2.36. The van der Waals surface area contributed by atoms with E-state index in [1.807, 2.05) is 30.3 Å². The Labute approximate surface area is 158 Å². The summed E-state index contributed by atoms with van der Waals surface area (Å²) in [5, 5.41) is 6.44. The molecule has 0 bridgehead atoms. The first kappa shape index (κ1) is 19.0. The van der Waals surface area contributed by atoms with Gasteiger partial charge in [-0.05, 0) is 24.6 Å². The number of benzene rings is 2. The Morgan fingerprint density at radius 1 is 1.11 bits per heavy atom. The third-order valence-corrected chi connectivity index (χ3v) is 4.28. The van der Waals surface area contributed by atoms with E-state index in [1.54, 1.807) is 19.1 Å². The van der Waals surface area contributed by atoms with Crippen LogP contribution in [-0.2, 0) is 6.18 Å². The molecule has 27 heavy (non-hydrogen) atoms. The quantitative estimate of drug-likeness (QED) is 0.675. The average Bonchev–Trinajstić information content (AvgIpc) is 3.08. The van der Waals surface area contributed by atoms with Crippen LogP contribution < -0.4 is 5.32 Å². The standard InChI is InChI=1S/C19H15ClF3N3O/c1-12(13-7-3-2-4-8-13)24-18(27)16-11-17(19(21,22)23)25-26(16)15-10-6-5-9-14(15)20/h2-12H,1H3,(H,24,27)/t12-/m1/s1. The number of carbonyl (C=O) groups is 1. The largest absolute Gasteiger partial charge is 0.435 e. The summed E-state index contributed by atoms with van der Waals surface area (Å²) >= 11 is 6.09. The van der Waals surface area contributed by atoms with Crippen LogP contribution in [0.2, 0.25) is 5.02 Å². The molecule has 4 nitrogen and oxygen atoms in total. The molecular formula is C19H15ClF3N3O. The van der Waals surface area contributed by atoms with Crippen molar-refractivity contribution in [2.75, 3.05) is 0 Å². The molecule has 0 aliphatic heterocycles. The highest BCUT2D eigenvalue weighted by atomic mass is 35.5. The molecule has 1 N–H and O–H groups in total. The molecule has 8 heteroatoms. The maximum absolute atomic E-state index is 13.1. The van der Waals surface area contributed by atoms with Gasteiger partial charge >= 0.3 is 6.18 Å². The summed E-state index contributed by atoms with van der Waals surface area (Å²) in [7, 11) is 0. The lowest BCUT2D eigenvalue weighted by Crippen LogP contribution is -2.28. The van der Waals surface area contributed by atoms with E-state index in [0.29, 0.717) is 0 Å². The Hall–Kier alpha value is -2.80. The van der Waals surface area contributed by atoms with E-state index >= 15 is 0 Å². The number of alkyl halides is 3. The van der Waals surface area contributed by atoms with Gasteiger partial charge in [-0.1, -0.05) is 54.1 Å². The molecule has 2 aromatic carbocycles. The SMILES string of the molecule is C[C@@H](NC(=O)c1cc(C(F)(F)F)nn1-c1ccccc1Cl)c1ccccc1. The Balaban J connectivity index is 1.99. The summed E-state index contributed by atoms with van der Waals surface area (Å²) in [6, 6.07) is 15.7. The number of hydrogen-bond acceptors (Lipinski definition) is 2. The Morgan fingerprint density at radius 3 is 2.37 bits per heavy atom. The fourth-order valence-corrected chi connectivity index (χ4v) is 2.80. The molecule has 3 rings (SSSR count). The first-order valence-electron chi connectivity index (χ1n) is 8.05. The van der Waals surface area contributed by atoms with Gasteiger partial charge in [0.05, 0.1) is 16.8 Å². The van der Waals surface area contributed by atoms with Crippen molar-refractivity contribution >= 4 is 17.5 Å². The van der Waals surface area contributed by atoms with Gasteiger partial charge in [0, 0.05) is 6.07 Å². The normalized spacial score (nSPS) is 12.6. The number of hydrogen-bond donors (Lipinski definition) is 1. The molecule has 0 fully saturated rings. The predicted molar refractivity (Wildman–Crippen MR) is 95.9 cm³/mol. The van der Waals surface area contributed by atoms with Crippen LogP contribution in [0.15, 0.2) is 60.7 Å². The molecule has 0 saturated heterocycles. The van der Waals surface area contributed by atoms with Gasteiger partial charge in [0.1, 0.15) is 5.69 Å². The zero-order valence-electron chi connectivity index (χ0n) is 14.2. The lowest BCUT2D eigenvalue weighted by molar-refractivity contribution is -0.141. The minimum Gasteiger partial charge on any atom is -0.344 e. The van der Waals surface area contributed by atoms with Crippen molar-refractivity contribution in [3.63, 3.8) is 0 Å². The first-order chi connectivity index (χ1) is 12.8. The topological polar surface area (TPSA) is 46.9 Å². The summed E-state index contributed by atoms with van der Waals surface area (Å²) in [6.45, 7) is 1.74. The molecule has 3 aromatic rings. The summed E-state index contributed by atoms with van der Waals surface area (Å²) in [5.41, 5.74) is -0.406. The molecule has 1 amide bonds. The maximum atomic E-state index is 13.1. The third-order valence-electron chi connectivity index (χ3n) is 3.96. The smallest absolute Gasteiger partial charge is 0.344 e. The fraction of sp³-hybridized carbons (Fsp3) is 0.158. The molecule has 140 valence electrons. The van der Waals surface area contributed by atoms with Gasteiger partial charge in [0.25, 0.3) is 5.91 Å². The summed E-state index contributed by atoms with van der Waals surface area (Å²) < 4.78 is 40.4. The molecule has 1 atom stereocenters. The molecule has 0 radical (unpaired) electrons. The van der Waals surface area contributed by atoms with Crippen molar-refractivity contribution in [2.45, 2.75) is 19.1 Å². The van der Waals surface area contributed by atoms with Gasteiger partial charge in [-0.25, -0.2) is 4.68 Å². The van der Waals surface area contributed by atoms with Crippen LogP contribution in [0.25, 0.3) is 5.69 Å². The van der Waals surface area contributed by atoms with Gasteiger partial charge < -0.3 is 5.32 Å². The Kier molecular flexibility index (Phi) is 5.23. The first-order valence-corrected chi connectivity index (χ1v) is 8.43. The lowest BCUT2D eigenvalue weighted by Gasteiger charge is -2.15. The van der Waals surface area contributed by atoms with Crippen molar-refractivity contribution in [1.82, 2.24) is 15.1 Å². The van der Waals surface area contributed by atoms with Crippen LogP contribution in [0.3, 0.4) is 0 Å². The van der Waals surface area contributed by atoms with Crippen LogP contribution in [0.5, 0.6) is 0 Å². The van der Waals surface area contributed by atoms with E-state index in [1.165, 1.54) is 12.1 Å². The summed E-state index contributed by atoms with van der Waals surface area (Å²) in [4.78, 5) is 12.7. The van der Waals surface area contributed by atoms with Gasteiger partial charge in [0.2, 0.25) is 0 Å². The number of carbonyl (C=O) groups excluding carboxylic acids is 1. The predicted octanol–water partition coefficient (Wildman–Crippen LogP) is 5.04. The number of halogens is 4. The van der Waals surface area contributed by atoms with E-state index in [0.717, 1.165) is 16.3 Å². The van der Waals surface area contributed by atoms with Gasteiger partial charge in [-0.3, -0.25) is 4.79 Å². The number of aromatic nitrogens is 2. The molecule has 0 aliphatic carbocycles. The average molecular weight is 394 g/mol. The van der Waals surface area contributed by atoms with Crippen molar-refractivity contribution in [1.29, 1.82) is 0 Å². The molecule has 1 aromatic heterocycles. The number of para-hydroxylation sites is 1. The van der Waals surface area contributed by atoms with Crippen molar-refractivity contribution in [3.05, 3.63) is 82.6 Å². The maximum Gasteiger partial charge on any atom is 0.435 e. The van der Waals surface area contributed by atoms with Gasteiger partial charge in [-0.2, -0.15) is 18.3 Å². The second-order valence-corrected chi connectivity index (χ2v) is 6.29. The second-order valence-electron chi connectivity index (χ2n) is 5.88. The molecule has 0 saturated carbocycles. The monoisotopic (exact) mass is 393 g/mol. The molecule has 0 aliphatic rings. The Bertz CT molecular complexity index is 954. The van der Waals surface area contributed by atoms with Crippen LogP contribution in [0.4, 0.5) is 13.2 Å². The van der Waals surface area contributed by atoms with Crippen LogP contribution in [0.1, 0.15) is 34.7 Å². The molecule has 1 heterocycles. The number of nitrogens with zero attached hydrogens (tertiary/aromatic N) is 2. The summed E-state index contributed by atoms with van der Waals surface area (Å²) in [6.07, 6.45) is -4.69. The van der Waals surface area contributed by atoms with Crippen LogP contribution in [0, 0.1) is 0 Å². The highest BCUT2D eigenvalue weighted by molar-refractivity contribution is 6.32.